The molecule has 28 heavy (non-hydrogen) atoms. The highest BCUT2D eigenvalue weighted by Gasteiger charge is 2.37. The molecule has 1 aliphatic carbocycles. The Labute approximate surface area is 167 Å². The van der Waals surface area contributed by atoms with E-state index in [1.165, 1.54) is 18.2 Å². The van der Waals surface area contributed by atoms with Crippen molar-refractivity contribution in [2.45, 2.75) is 57.8 Å². The van der Waals surface area contributed by atoms with Gasteiger partial charge in [0.2, 0.25) is 0 Å². The molecule has 1 aliphatic rings. The number of carbonyl (C=O) groups is 2. The van der Waals surface area contributed by atoms with Crippen molar-refractivity contribution < 1.29 is 14.3 Å². The number of amides is 1. The highest BCUT2D eigenvalue weighted by Crippen LogP contribution is 2.46. The lowest BCUT2D eigenvalue weighted by Gasteiger charge is -2.42. The smallest absolute Gasteiger partial charge is 0.309 e. The maximum atomic E-state index is 12.7. The Balaban J connectivity index is 1.79. The molecular weight excluding hydrogens is 350 g/mol. The van der Waals surface area contributed by atoms with E-state index in [0.717, 1.165) is 24.1 Å². The van der Waals surface area contributed by atoms with E-state index in [0.29, 0.717) is 5.56 Å². The number of hydrogen-bond acceptors (Lipinski definition) is 3. The van der Waals surface area contributed by atoms with Crippen LogP contribution >= 0.6 is 0 Å². The van der Waals surface area contributed by atoms with Crippen molar-refractivity contribution in [1.82, 2.24) is 0 Å². The largest absolute Gasteiger partial charge is 0.469 e. The van der Waals surface area contributed by atoms with Crippen LogP contribution in [-0.2, 0) is 26.8 Å². The molecule has 0 unspecified atom stereocenters. The molecule has 1 amide bonds. The molecule has 0 fully saturated rings. The molecule has 0 saturated carbocycles. The third-order valence-corrected chi connectivity index (χ3v) is 5.90. The summed E-state index contributed by atoms with van der Waals surface area (Å²) in [6.45, 7) is 9.11. The Morgan fingerprint density at radius 2 is 1.54 bits per heavy atom. The number of anilines is 1. The number of rotatable bonds is 4. The Hall–Kier alpha value is -2.62. The van der Waals surface area contributed by atoms with Gasteiger partial charge in [-0.3, -0.25) is 9.59 Å². The topological polar surface area (TPSA) is 55.4 Å². The normalized spacial score (nSPS) is 16.8. The molecule has 0 aliphatic heterocycles. The van der Waals surface area contributed by atoms with E-state index in [9.17, 15) is 9.59 Å². The van der Waals surface area contributed by atoms with E-state index < -0.39 is 0 Å². The molecule has 148 valence electrons. The van der Waals surface area contributed by atoms with E-state index >= 15 is 0 Å². The number of methoxy groups -OCH3 is 1. The summed E-state index contributed by atoms with van der Waals surface area (Å²) >= 11 is 0. The molecule has 0 radical (unpaired) electrons. The van der Waals surface area contributed by atoms with Crippen LogP contribution in [0.1, 0.15) is 67.6 Å². The SMILES string of the molecule is COC(=O)Cc1ccc(C(=O)Nc2ccc3c(c2)C(C)(C)CCC3(C)C)cc1. The quantitative estimate of drug-likeness (QED) is 0.760. The van der Waals surface area contributed by atoms with Crippen LogP contribution in [0.15, 0.2) is 42.5 Å². The molecule has 4 nitrogen and oxygen atoms in total. The number of nitrogens with one attached hydrogen (secondary N) is 1. The van der Waals surface area contributed by atoms with Gasteiger partial charge < -0.3 is 10.1 Å². The van der Waals surface area contributed by atoms with Gasteiger partial charge in [0.15, 0.2) is 0 Å². The lowest BCUT2D eigenvalue weighted by Crippen LogP contribution is -2.33. The minimum Gasteiger partial charge on any atom is -0.469 e. The Bertz CT molecular complexity index is 895. The summed E-state index contributed by atoms with van der Waals surface area (Å²) < 4.78 is 4.67. The third-order valence-electron chi connectivity index (χ3n) is 5.90. The molecule has 2 aromatic carbocycles. The molecule has 0 spiro atoms. The predicted molar refractivity (Wildman–Crippen MR) is 112 cm³/mol. The third kappa shape index (κ3) is 4.11. The van der Waals surface area contributed by atoms with Crippen LogP contribution in [0.2, 0.25) is 0 Å². The van der Waals surface area contributed by atoms with E-state index in [-0.39, 0.29) is 29.1 Å². The molecule has 0 saturated heterocycles. The first-order valence-corrected chi connectivity index (χ1v) is 9.74. The van der Waals surface area contributed by atoms with Gasteiger partial charge in [-0.2, -0.15) is 0 Å². The van der Waals surface area contributed by atoms with Gasteiger partial charge in [0, 0.05) is 11.3 Å². The average Bonchev–Trinajstić information content (AvgIpc) is 2.66. The summed E-state index contributed by atoms with van der Waals surface area (Å²) in [4.78, 5) is 24.0. The summed E-state index contributed by atoms with van der Waals surface area (Å²) in [6.07, 6.45) is 2.50. The van der Waals surface area contributed by atoms with Crippen molar-refractivity contribution in [2.75, 3.05) is 12.4 Å². The molecule has 2 aromatic rings. The summed E-state index contributed by atoms with van der Waals surface area (Å²) in [5.74, 6) is -0.450. The maximum Gasteiger partial charge on any atom is 0.309 e. The van der Waals surface area contributed by atoms with Crippen molar-refractivity contribution in [3.8, 4) is 0 Å². The fraction of sp³-hybridized carbons (Fsp3) is 0.417. The fourth-order valence-corrected chi connectivity index (χ4v) is 3.88. The molecule has 0 bridgehead atoms. The maximum absolute atomic E-state index is 12.7. The second kappa shape index (κ2) is 7.42. The van der Waals surface area contributed by atoms with Gasteiger partial charge in [-0.15, -0.1) is 0 Å². The van der Waals surface area contributed by atoms with E-state index in [2.05, 4.69) is 49.9 Å². The first-order valence-electron chi connectivity index (χ1n) is 9.74. The Morgan fingerprint density at radius 1 is 0.929 bits per heavy atom. The van der Waals surface area contributed by atoms with Gasteiger partial charge in [-0.1, -0.05) is 45.9 Å². The van der Waals surface area contributed by atoms with Gasteiger partial charge in [-0.25, -0.2) is 0 Å². The van der Waals surface area contributed by atoms with Gasteiger partial charge >= 0.3 is 5.97 Å². The van der Waals surface area contributed by atoms with Crippen LogP contribution in [0.5, 0.6) is 0 Å². The van der Waals surface area contributed by atoms with E-state index in [4.69, 9.17) is 0 Å². The Kier molecular flexibility index (Phi) is 5.33. The van der Waals surface area contributed by atoms with Crippen LogP contribution < -0.4 is 5.32 Å². The number of carbonyl (C=O) groups excluding carboxylic acids is 2. The first kappa shape index (κ1) is 20.1. The minimum absolute atomic E-state index is 0.0983. The fourth-order valence-electron chi connectivity index (χ4n) is 3.88. The molecular formula is C24H29NO3. The zero-order chi connectivity index (χ0) is 20.5. The van der Waals surface area contributed by atoms with Crippen molar-refractivity contribution in [3.63, 3.8) is 0 Å². The molecule has 0 atom stereocenters. The average molecular weight is 380 g/mol. The minimum atomic E-state index is -0.295. The summed E-state index contributed by atoms with van der Waals surface area (Å²) in [7, 11) is 1.37. The van der Waals surface area contributed by atoms with Gasteiger partial charge in [0.05, 0.1) is 13.5 Å². The number of hydrogen-bond donors (Lipinski definition) is 1. The summed E-state index contributed by atoms with van der Waals surface area (Å²) in [5, 5.41) is 3.01. The number of fused-ring (bicyclic) bond motifs is 1. The molecule has 3 rings (SSSR count). The predicted octanol–water partition coefficient (Wildman–Crippen LogP) is 5.00. The van der Waals surface area contributed by atoms with Crippen LogP contribution in [0, 0.1) is 0 Å². The Morgan fingerprint density at radius 3 is 2.14 bits per heavy atom. The second-order valence-corrected chi connectivity index (χ2v) is 8.93. The van der Waals surface area contributed by atoms with Crippen molar-refractivity contribution in [1.29, 1.82) is 0 Å². The van der Waals surface area contributed by atoms with Crippen molar-refractivity contribution >= 4 is 17.6 Å². The zero-order valence-electron chi connectivity index (χ0n) is 17.4. The number of ether oxygens (including phenoxy) is 1. The second-order valence-electron chi connectivity index (χ2n) is 8.93. The molecule has 0 aromatic heterocycles. The van der Waals surface area contributed by atoms with E-state index in [1.54, 1.807) is 24.3 Å². The first-order chi connectivity index (χ1) is 13.1. The lowest BCUT2D eigenvalue weighted by atomic mass is 9.63. The van der Waals surface area contributed by atoms with Crippen LogP contribution in [-0.4, -0.2) is 19.0 Å². The highest BCUT2D eigenvalue weighted by molar-refractivity contribution is 6.04. The van der Waals surface area contributed by atoms with Crippen molar-refractivity contribution in [3.05, 3.63) is 64.7 Å². The molecule has 4 heteroatoms. The van der Waals surface area contributed by atoms with Crippen LogP contribution in [0.25, 0.3) is 0 Å². The lowest BCUT2D eigenvalue weighted by molar-refractivity contribution is -0.139. The monoisotopic (exact) mass is 379 g/mol. The van der Waals surface area contributed by atoms with Crippen molar-refractivity contribution in [2.24, 2.45) is 0 Å². The highest BCUT2D eigenvalue weighted by atomic mass is 16.5. The van der Waals surface area contributed by atoms with Gasteiger partial charge in [0.25, 0.3) is 5.91 Å². The van der Waals surface area contributed by atoms with Crippen LogP contribution in [0.4, 0.5) is 5.69 Å². The number of esters is 1. The molecule has 1 N–H and O–H groups in total. The molecule has 0 heterocycles. The van der Waals surface area contributed by atoms with Crippen LogP contribution in [0.3, 0.4) is 0 Å². The number of benzene rings is 2. The summed E-state index contributed by atoms with van der Waals surface area (Å²) in [6, 6.07) is 13.3. The van der Waals surface area contributed by atoms with E-state index in [1.807, 2.05) is 6.07 Å². The standard InChI is InChI=1S/C24H29NO3/c1-23(2)12-13-24(3,4)20-15-18(10-11-19(20)23)25-22(27)17-8-6-16(7-9-17)14-21(26)28-5/h6-11,15H,12-14H2,1-5H3,(H,25,27). The zero-order valence-corrected chi connectivity index (χ0v) is 17.4. The van der Waals surface area contributed by atoms with Gasteiger partial charge in [-0.05, 0) is 64.6 Å². The summed E-state index contributed by atoms with van der Waals surface area (Å²) in [5.41, 5.74) is 5.13. The van der Waals surface area contributed by atoms with Gasteiger partial charge in [0.1, 0.15) is 0 Å².